The summed E-state index contributed by atoms with van der Waals surface area (Å²) in [5.41, 5.74) is 2.06. The molecule has 82 valence electrons. The molecule has 3 heteroatoms. The first-order valence-electron chi connectivity index (χ1n) is 4.82. The van der Waals surface area contributed by atoms with Crippen molar-refractivity contribution in [2.45, 2.75) is 12.8 Å². The van der Waals surface area contributed by atoms with E-state index in [1.54, 1.807) is 7.11 Å². The average Bonchev–Trinajstić information content (AvgIpc) is 2.25. The molecule has 0 saturated heterocycles. The smallest absolute Gasteiger partial charge is 0.315 e. The van der Waals surface area contributed by atoms with Crippen LogP contribution in [0, 0.1) is 6.92 Å². The maximum atomic E-state index is 11.5. The van der Waals surface area contributed by atoms with Gasteiger partial charge in [-0.15, -0.1) is 0 Å². The Morgan fingerprint density at radius 1 is 1.40 bits per heavy atom. The molecule has 0 aliphatic heterocycles. The minimum absolute atomic E-state index is 0.262. The molecule has 0 aliphatic carbocycles. The standard InChI is InChI=1S/C12H16O3/c1-9-5-4-6-10(7-9)11(8-14-2)12(13)15-3/h4-7,11H,8H2,1-3H3. The molecule has 0 bridgehead atoms. The summed E-state index contributed by atoms with van der Waals surface area (Å²) in [5, 5.41) is 0. The molecular weight excluding hydrogens is 192 g/mol. The van der Waals surface area contributed by atoms with Gasteiger partial charge in [-0.2, -0.15) is 0 Å². The van der Waals surface area contributed by atoms with E-state index in [1.807, 2.05) is 31.2 Å². The van der Waals surface area contributed by atoms with Crippen LogP contribution in [-0.2, 0) is 14.3 Å². The van der Waals surface area contributed by atoms with Crippen LogP contribution in [0.2, 0.25) is 0 Å². The maximum Gasteiger partial charge on any atom is 0.315 e. The number of aryl methyl sites for hydroxylation is 1. The van der Waals surface area contributed by atoms with Crippen LogP contribution in [0.15, 0.2) is 24.3 Å². The highest BCUT2D eigenvalue weighted by atomic mass is 16.5. The number of carbonyl (C=O) groups is 1. The quantitative estimate of drug-likeness (QED) is 0.709. The second kappa shape index (κ2) is 5.51. The third-order valence-corrected chi connectivity index (χ3v) is 2.26. The number of benzene rings is 1. The van der Waals surface area contributed by atoms with Crippen LogP contribution in [0.5, 0.6) is 0 Å². The van der Waals surface area contributed by atoms with Crippen LogP contribution >= 0.6 is 0 Å². The number of hydrogen-bond donors (Lipinski definition) is 0. The van der Waals surface area contributed by atoms with Crippen molar-refractivity contribution in [2.75, 3.05) is 20.8 Å². The fraction of sp³-hybridized carbons (Fsp3) is 0.417. The lowest BCUT2D eigenvalue weighted by Crippen LogP contribution is -2.19. The van der Waals surface area contributed by atoms with Gasteiger partial charge in [0.05, 0.1) is 13.7 Å². The van der Waals surface area contributed by atoms with Gasteiger partial charge in [0.15, 0.2) is 0 Å². The summed E-state index contributed by atoms with van der Waals surface area (Å²) in [4.78, 5) is 11.5. The first-order chi connectivity index (χ1) is 7.19. The number of hydrogen-bond acceptors (Lipinski definition) is 3. The van der Waals surface area contributed by atoms with Crippen molar-refractivity contribution in [2.24, 2.45) is 0 Å². The van der Waals surface area contributed by atoms with E-state index in [9.17, 15) is 4.79 Å². The van der Waals surface area contributed by atoms with Crippen molar-refractivity contribution in [3.63, 3.8) is 0 Å². The molecule has 1 aromatic carbocycles. The monoisotopic (exact) mass is 208 g/mol. The SMILES string of the molecule is COCC(C(=O)OC)c1cccc(C)c1. The highest BCUT2D eigenvalue weighted by molar-refractivity contribution is 5.78. The molecule has 0 aromatic heterocycles. The van der Waals surface area contributed by atoms with Crippen LogP contribution in [0.25, 0.3) is 0 Å². The molecular formula is C12H16O3. The first kappa shape index (κ1) is 11.7. The molecule has 0 aliphatic rings. The van der Waals surface area contributed by atoms with E-state index in [1.165, 1.54) is 7.11 Å². The van der Waals surface area contributed by atoms with Crippen LogP contribution < -0.4 is 0 Å². The van der Waals surface area contributed by atoms with Crippen LogP contribution in [0.1, 0.15) is 17.0 Å². The highest BCUT2D eigenvalue weighted by Gasteiger charge is 2.21. The molecule has 1 aromatic rings. The number of carbonyl (C=O) groups excluding carboxylic acids is 1. The molecule has 0 saturated carbocycles. The zero-order chi connectivity index (χ0) is 11.3. The summed E-state index contributed by atoms with van der Waals surface area (Å²) in [6.07, 6.45) is 0. The predicted octanol–water partition coefficient (Wildman–Crippen LogP) is 1.90. The van der Waals surface area contributed by atoms with Crippen molar-refractivity contribution in [1.29, 1.82) is 0 Å². The van der Waals surface area contributed by atoms with E-state index in [4.69, 9.17) is 9.47 Å². The van der Waals surface area contributed by atoms with Crippen LogP contribution in [-0.4, -0.2) is 26.8 Å². The zero-order valence-corrected chi connectivity index (χ0v) is 9.32. The van der Waals surface area contributed by atoms with E-state index in [-0.39, 0.29) is 11.9 Å². The van der Waals surface area contributed by atoms with E-state index < -0.39 is 0 Å². The summed E-state index contributed by atoms with van der Waals surface area (Å²) < 4.78 is 9.76. The summed E-state index contributed by atoms with van der Waals surface area (Å²) in [7, 11) is 2.96. The molecule has 0 fully saturated rings. The molecule has 1 unspecified atom stereocenters. The zero-order valence-electron chi connectivity index (χ0n) is 9.32. The maximum absolute atomic E-state index is 11.5. The molecule has 0 spiro atoms. The van der Waals surface area contributed by atoms with Crippen LogP contribution in [0.3, 0.4) is 0 Å². The van der Waals surface area contributed by atoms with Crippen molar-refractivity contribution in [3.8, 4) is 0 Å². The Hall–Kier alpha value is -1.35. The number of methoxy groups -OCH3 is 2. The first-order valence-corrected chi connectivity index (χ1v) is 4.82. The van der Waals surface area contributed by atoms with Gasteiger partial charge in [0.2, 0.25) is 0 Å². The normalized spacial score (nSPS) is 12.2. The number of ether oxygens (including phenoxy) is 2. The lowest BCUT2D eigenvalue weighted by Gasteiger charge is -2.14. The third kappa shape index (κ3) is 3.06. The van der Waals surface area contributed by atoms with Crippen molar-refractivity contribution >= 4 is 5.97 Å². The average molecular weight is 208 g/mol. The van der Waals surface area contributed by atoms with Crippen molar-refractivity contribution in [1.82, 2.24) is 0 Å². The lowest BCUT2D eigenvalue weighted by molar-refractivity contribution is -0.143. The molecule has 0 N–H and O–H groups in total. The van der Waals surface area contributed by atoms with Gasteiger partial charge in [0.25, 0.3) is 0 Å². The van der Waals surface area contributed by atoms with E-state index >= 15 is 0 Å². The molecule has 15 heavy (non-hydrogen) atoms. The summed E-state index contributed by atoms with van der Waals surface area (Å²) in [6, 6.07) is 7.80. The van der Waals surface area contributed by atoms with Crippen molar-refractivity contribution in [3.05, 3.63) is 35.4 Å². The molecule has 0 amide bonds. The fourth-order valence-electron chi connectivity index (χ4n) is 1.50. The van der Waals surface area contributed by atoms with Gasteiger partial charge >= 0.3 is 5.97 Å². The molecule has 1 rings (SSSR count). The summed E-state index contributed by atoms with van der Waals surface area (Å²) in [5.74, 6) is -0.595. The Labute approximate surface area is 90.0 Å². The Kier molecular flexibility index (Phi) is 4.31. The van der Waals surface area contributed by atoms with Crippen molar-refractivity contribution < 1.29 is 14.3 Å². The number of rotatable bonds is 4. The molecule has 1 atom stereocenters. The summed E-state index contributed by atoms with van der Waals surface area (Å²) >= 11 is 0. The van der Waals surface area contributed by atoms with Gasteiger partial charge in [0, 0.05) is 7.11 Å². The predicted molar refractivity (Wildman–Crippen MR) is 57.8 cm³/mol. The molecule has 3 nitrogen and oxygen atoms in total. The van der Waals surface area contributed by atoms with E-state index in [2.05, 4.69) is 0 Å². The number of esters is 1. The van der Waals surface area contributed by atoms with E-state index in [0.29, 0.717) is 6.61 Å². The second-order valence-electron chi connectivity index (χ2n) is 3.45. The van der Waals surface area contributed by atoms with Gasteiger partial charge in [-0.3, -0.25) is 4.79 Å². The molecule has 0 radical (unpaired) electrons. The third-order valence-electron chi connectivity index (χ3n) is 2.26. The van der Waals surface area contributed by atoms with Gasteiger partial charge in [-0.05, 0) is 12.5 Å². The topological polar surface area (TPSA) is 35.5 Å². The highest BCUT2D eigenvalue weighted by Crippen LogP contribution is 2.18. The van der Waals surface area contributed by atoms with Crippen LogP contribution in [0.4, 0.5) is 0 Å². The summed E-state index contributed by atoms with van der Waals surface area (Å²) in [6.45, 7) is 2.33. The largest absolute Gasteiger partial charge is 0.468 e. The Morgan fingerprint density at radius 3 is 2.67 bits per heavy atom. The van der Waals surface area contributed by atoms with Gasteiger partial charge in [-0.1, -0.05) is 29.8 Å². The minimum Gasteiger partial charge on any atom is -0.468 e. The molecule has 0 heterocycles. The Morgan fingerprint density at radius 2 is 2.13 bits per heavy atom. The van der Waals surface area contributed by atoms with Gasteiger partial charge < -0.3 is 9.47 Å². The second-order valence-corrected chi connectivity index (χ2v) is 3.45. The lowest BCUT2D eigenvalue weighted by atomic mass is 9.98. The van der Waals surface area contributed by atoms with Gasteiger partial charge in [0.1, 0.15) is 5.92 Å². The van der Waals surface area contributed by atoms with Gasteiger partial charge in [-0.25, -0.2) is 0 Å². The Balaban J connectivity index is 2.93. The Bertz CT molecular complexity index is 333. The fourth-order valence-corrected chi connectivity index (χ4v) is 1.50. The van der Waals surface area contributed by atoms with E-state index in [0.717, 1.165) is 11.1 Å². The minimum atomic E-state index is -0.333.